The Morgan fingerprint density at radius 2 is 2.00 bits per heavy atom. The van der Waals surface area contributed by atoms with Gasteiger partial charge in [-0.15, -0.1) is 0 Å². The maximum absolute atomic E-state index is 11.3. The molecule has 0 radical (unpaired) electrons. The van der Waals surface area contributed by atoms with Crippen molar-refractivity contribution in [1.29, 1.82) is 0 Å². The fraction of sp³-hybridized carbons (Fsp3) is 0.909. The Labute approximate surface area is 91.6 Å². The Morgan fingerprint density at radius 3 is 2.47 bits per heavy atom. The highest BCUT2D eigenvalue weighted by molar-refractivity contribution is 5.73. The molecule has 1 rings (SSSR count). The van der Waals surface area contributed by atoms with E-state index in [-0.39, 0.29) is 6.03 Å². The number of rotatable bonds is 2. The van der Waals surface area contributed by atoms with Crippen LogP contribution < -0.4 is 5.32 Å². The van der Waals surface area contributed by atoms with Gasteiger partial charge < -0.3 is 15.3 Å². The molecular formula is C11H22N2O2. The van der Waals surface area contributed by atoms with Gasteiger partial charge in [0.1, 0.15) is 0 Å². The van der Waals surface area contributed by atoms with E-state index in [9.17, 15) is 9.90 Å². The molecule has 0 aromatic heterocycles. The van der Waals surface area contributed by atoms with Crippen LogP contribution >= 0.6 is 0 Å². The van der Waals surface area contributed by atoms with Crippen molar-refractivity contribution in [3.63, 3.8) is 0 Å². The average molecular weight is 214 g/mol. The first-order chi connectivity index (χ1) is 6.93. The van der Waals surface area contributed by atoms with Crippen molar-refractivity contribution >= 4 is 6.03 Å². The number of urea groups is 1. The largest absolute Gasteiger partial charge is 0.388 e. The predicted molar refractivity (Wildman–Crippen MR) is 59.7 cm³/mol. The van der Waals surface area contributed by atoms with E-state index in [1.54, 1.807) is 14.1 Å². The van der Waals surface area contributed by atoms with Crippen molar-refractivity contribution in [2.45, 2.75) is 38.2 Å². The van der Waals surface area contributed by atoms with Gasteiger partial charge in [0.15, 0.2) is 0 Å². The van der Waals surface area contributed by atoms with Crippen LogP contribution in [0.5, 0.6) is 0 Å². The molecule has 0 unspecified atom stereocenters. The quantitative estimate of drug-likeness (QED) is 0.725. The lowest BCUT2D eigenvalue weighted by atomic mass is 9.79. The average Bonchev–Trinajstić information content (AvgIpc) is 2.19. The van der Waals surface area contributed by atoms with Crippen LogP contribution in [-0.2, 0) is 0 Å². The number of amides is 2. The Hall–Kier alpha value is -0.770. The minimum Gasteiger partial charge on any atom is -0.388 e. The van der Waals surface area contributed by atoms with Gasteiger partial charge in [-0.25, -0.2) is 4.79 Å². The number of hydrogen-bond donors (Lipinski definition) is 2. The lowest BCUT2D eigenvalue weighted by molar-refractivity contribution is -0.00444. The second-order valence-electron chi connectivity index (χ2n) is 4.96. The molecule has 2 amide bonds. The molecule has 0 aromatic rings. The zero-order valence-electron chi connectivity index (χ0n) is 9.92. The van der Waals surface area contributed by atoms with Gasteiger partial charge in [-0.1, -0.05) is 6.92 Å². The first-order valence-electron chi connectivity index (χ1n) is 5.60. The van der Waals surface area contributed by atoms with E-state index >= 15 is 0 Å². The van der Waals surface area contributed by atoms with Crippen LogP contribution in [0, 0.1) is 5.92 Å². The Morgan fingerprint density at radius 1 is 1.47 bits per heavy atom. The highest BCUT2D eigenvalue weighted by atomic mass is 16.3. The summed E-state index contributed by atoms with van der Waals surface area (Å²) in [7, 11) is 3.39. The topological polar surface area (TPSA) is 52.6 Å². The molecule has 1 saturated carbocycles. The summed E-state index contributed by atoms with van der Waals surface area (Å²) in [6.45, 7) is 2.58. The van der Waals surface area contributed by atoms with Gasteiger partial charge in [-0.3, -0.25) is 0 Å². The Kier molecular flexibility index (Phi) is 3.97. The molecule has 0 heterocycles. The number of carbonyl (C=O) groups is 1. The van der Waals surface area contributed by atoms with Crippen molar-refractivity contribution in [3.05, 3.63) is 0 Å². The van der Waals surface area contributed by atoms with Crippen molar-refractivity contribution in [2.75, 3.05) is 20.6 Å². The van der Waals surface area contributed by atoms with Crippen molar-refractivity contribution in [2.24, 2.45) is 5.92 Å². The van der Waals surface area contributed by atoms with Gasteiger partial charge in [0.2, 0.25) is 0 Å². The molecule has 15 heavy (non-hydrogen) atoms. The summed E-state index contributed by atoms with van der Waals surface area (Å²) < 4.78 is 0. The standard InChI is InChI=1S/C11H22N2O2/c1-9-4-6-11(15,7-5-9)8-12-10(14)13(2)3/h9,15H,4-8H2,1-3H3,(H,12,14). The van der Waals surface area contributed by atoms with Crippen molar-refractivity contribution in [3.8, 4) is 0 Å². The monoisotopic (exact) mass is 214 g/mol. The Bertz CT molecular complexity index is 221. The molecule has 0 aliphatic heterocycles. The number of nitrogens with zero attached hydrogens (tertiary/aromatic N) is 1. The summed E-state index contributed by atoms with van der Waals surface area (Å²) in [6.07, 6.45) is 3.69. The summed E-state index contributed by atoms with van der Waals surface area (Å²) in [6, 6.07) is -0.137. The third-order valence-corrected chi connectivity index (χ3v) is 3.18. The van der Waals surface area contributed by atoms with Crippen LogP contribution in [0.4, 0.5) is 4.79 Å². The smallest absolute Gasteiger partial charge is 0.316 e. The second kappa shape index (κ2) is 4.84. The van der Waals surface area contributed by atoms with Gasteiger partial charge in [0, 0.05) is 20.6 Å². The molecule has 0 saturated heterocycles. The maximum atomic E-state index is 11.3. The third kappa shape index (κ3) is 3.70. The van der Waals surface area contributed by atoms with Gasteiger partial charge >= 0.3 is 6.03 Å². The SMILES string of the molecule is CC1CCC(O)(CNC(=O)N(C)C)CC1. The van der Waals surface area contributed by atoms with Crippen LogP contribution in [0.3, 0.4) is 0 Å². The number of nitrogens with one attached hydrogen (secondary N) is 1. The van der Waals surface area contributed by atoms with E-state index in [2.05, 4.69) is 12.2 Å². The minimum absolute atomic E-state index is 0.137. The van der Waals surface area contributed by atoms with Crippen LogP contribution in [0.25, 0.3) is 0 Å². The lowest BCUT2D eigenvalue weighted by Gasteiger charge is -2.35. The second-order valence-corrected chi connectivity index (χ2v) is 4.96. The predicted octanol–water partition coefficient (Wildman–Crippen LogP) is 1.20. The molecule has 1 aliphatic carbocycles. The van der Waals surface area contributed by atoms with E-state index in [4.69, 9.17) is 0 Å². The maximum Gasteiger partial charge on any atom is 0.316 e. The minimum atomic E-state index is -0.682. The van der Waals surface area contributed by atoms with E-state index < -0.39 is 5.60 Å². The first kappa shape index (κ1) is 12.3. The van der Waals surface area contributed by atoms with E-state index in [1.807, 2.05) is 0 Å². The van der Waals surface area contributed by atoms with E-state index in [1.165, 1.54) is 4.90 Å². The molecule has 88 valence electrons. The van der Waals surface area contributed by atoms with Gasteiger partial charge in [-0.2, -0.15) is 0 Å². The normalized spacial score (nSPS) is 31.1. The molecule has 0 spiro atoms. The number of aliphatic hydroxyl groups is 1. The fourth-order valence-corrected chi connectivity index (χ4v) is 1.87. The first-order valence-corrected chi connectivity index (χ1v) is 5.60. The fourth-order valence-electron chi connectivity index (χ4n) is 1.87. The molecule has 4 heteroatoms. The summed E-state index contributed by atoms with van der Waals surface area (Å²) in [5.74, 6) is 0.704. The zero-order valence-corrected chi connectivity index (χ0v) is 9.92. The van der Waals surface area contributed by atoms with Gasteiger partial charge in [0.25, 0.3) is 0 Å². The summed E-state index contributed by atoms with van der Waals surface area (Å²) in [5, 5.41) is 12.9. The van der Waals surface area contributed by atoms with Crippen molar-refractivity contribution in [1.82, 2.24) is 10.2 Å². The number of hydrogen-bond acceptors (Lipinski definition) is 2. The van der Waals surface area contributed by atoms with Crippen LogP contribution in [-0.4, -0.2) is 42.3 Å². The molecule has 4 nitrogen and oxygen atoms in total. The highest BCUT2D eigenvalue weighted by Crippen LogP contribution is 2.31. The van der Waals surface area contributed by atoms with Crippen LogP contribution in [0.1, 0.15) is 32.6 Å². The van der Waals surface area contributed by atoms with Gasteiger partial charge in [-0.05, 0) is 31.6 Å². The number of carbonyl (C=O) groups excluding carboxylic acids is 1. The van der Waals surface area contributed by atoms with Crippen LogP contribution in [0.15, 0.2) is 0 Å². The summed E-state index contributed by atoms with van der Waals surface area (Å²) in [5.41, 5.74) is -0.682. The molecule has 1 aliphatic rings. The molecule has 0 bridgehead atoms. The molecule has 1 fully saturated rings. The Balaban J connectivity index is 2.34. The molecule has 0 atom stereocenters. The van der Waals surface area contributed by atoms with Crippen molar-refractivity contribution < 1.29 is 9.90 Å². The third-order valence-electron chi connectivity index (χ3n) is 3.18. The molecule has 0 aromatic carbocycles. The van der Waals surface area contributed by atoms with E-state index in [0.29, 0.717) is 12.5 Å². The lowest BCUT2D eigenvalue weighted by Crippen LogP contribution is -2.47. The highest BCUT2D eigenvalue weighted by Gasteiger charge is 2.32. The van der Waals surface area contributed by atoms with Gasteiger partial charge in [0.05, 0.1) is 5.60 Å². The van der Waals surface area contributed by atoms with Crippen LogP contribution in [0.2, 0.25) is 0 Å². The summed E-state index contributed by atoms with van der Waals surface area (Å²) >= 11 is 0. The molecule has 2 N–H and O–H groups in total. The summed E-state index contributed by atoms with van der Waals surface area (Å²) in [4.78, 5) is 12.8. The zero-order chi connectivity index (χ0) is 11.5. The van der Waals surface area contributed by atoms with E-state index in [0.717, 1.165) is 25.7 Å². The molecular weight excluding hydrogens is 192 g/mol.